The fourth-order valence-electron chi connectivity index (χ4n) is 0. The molecule has 0 aromatic heterocycles. The molecule has 0 aliphatic carbocycles. The van der Waals surface area contributed by atoms with E-state index in [4.69, 9.17) is 9.59 Å². The quantitative estimate of drug-likeness (QED) is 0.182. The summed E-state index contributed by atoms with van der Waals surface area (Å²) >= 11 is 0. The normalized spacial score (nSPS) is 3.33. The van der Waals surface area contributed by atoms with E-state index in [9.17, 15) is 0 Å². The van der Waals surface area contributed by atoms with Gasteiger partial charge in [-0.25, -0.2) is 0 Å². The zero-order chi connectivity index (χ0) is 3.41. The minimum absolute atomic E-state index is 0. The maximum atomic E-state index is 8.81. The van der Waals surface area contributed by atoms with Crippen molar-refractivity contribution in [3.8, 4) is 0 Å². The molecule has 0 N–H and O–H groups in total. The van der Waals surface area contributed by atoms with Crippen molar-refractivity contribution >= 4 is 12.6 Å². The van der Waals surface area contributed by atoms with Crippen molar-refractivity contribution in [2.75, 3.05) is 0 Å². The Morgan fingerprint density at radius 2 is 1.33 bits per heavy atom. The maximum absolute atomic E-state index is 8.81. The first-order valence-corrected chi connectivity index (χ1v) is 0.805. The first-order valence-electron chi connectivity index (χ1n) is 0.805. The minimum atomic E-state index is 0. The average Bonchev–Trinajstić information content (AvgIpc) is 1.37. The molecule has 2 nitrogen and oxygen atoms in total. The molecule has 0 fully saturated rings. The predicted octanol–water partition coefficient (Wildman–Crippen LogP) is -6.38. The van der Waals surface area contributed by atoms with E-state index >= 15 is 0 Å². The van der Waals surface area contributed by atoms with E-state index < -0.39 is 0 Å². The average molecular weight is 90.0 g/mol. The summed E-state index contributed by atoms with van der Waals surface area (Å²) in [4.78, 5) is 17.6. The van der Waals surface area contributed by atoms with E-state index in [1.165, 1.54) is 0 Å². The van der Waals surface area contributed by atoms with Crippen LogP contribution in [0.3, 0.4) is 0 Å². The van der Waals surface area contributed by atoms with Crippen molar-refractivity contribution in [1.29, 1.82) is 0 Å². The van der Waals surface area contributed by atoms with Crippen molar-refractivity contribution in [1.82, 2.24) is 0 Å². The monoisotopic (exact) mass is 90.0 g/mol. The molecular formula is C2H4LiNaO2. The van der Waals surface area contributed by atoms with Crippen LogP contribution >= 0.6 is 0 Å². The van der Waals surface area contributed by atoms with Crippen LogP contribution in [-0.4, -0.2) is 12.6 Å². The number of aldehydes is 2. The molecule has 0 aliphatic rings. The molecular weight excluding hydrogens is 86.0 g/mol. The second kappa shape index (κ2) is 16.8. The predicted molar refractivity (Wildman–Crippen MR) is 14.4 cm³/mol. The van der Waals surface area contributed by atoms with Crippen LogP contribution in [0.1, 0.15) is 2.85 Å². The van der Waals surface area contributed by atoms with Crippen LogP contribution in [0.25, 0.3) is 0 Å². The summed E-state index contributed by atoms with van der Waals surface area (Å²) in [6, 6.07) is 0. The molecule has 0 spiro atoms. The zero-order valence-corrected chi connectivity index (χ0v) is 5.97. The van der Waals surface area contributed by atoms with Gasteiger partial charge in [0, 0.05) is 0 Å². The second-order valence-corrected chi connectivity index (χ2v) is 0.272. The minimum Gasteiger partial charge on any atom is -1.00 e. The van der Waals surface area contributed by atoms with Crippen molar-refractivity contribution in [2.24, 2.45) is 0 Å². The number of hydrogen-bond donors (Lipinski definition) is 0. The van der Waals surface area contributed by atoms with E-state index in [0.717, 1.165) is 0 Å². The summed E-state index contributed by atoms with van der Waals surface area (Å²) in [6.07, 6.45) is 0.389. The Balaban J connectivity index is -0.00000000750. The fourth-order valence-corrected chi connectivity index (χ4v) is 0. The Morgan fingerprint density at radius 3 is 1.33 bits per heavy atom. The van der Waals surface area contributed by atoms with Crippen LogP contribution in [0.2, 0.25) is 0 Å². The molecule has 0 aromatic rings. The van der Waals surface area contributed by atoms with E-state index in [0.29, 0.717) is 0 Å². The molecule has 0 atom stereocenters. The van der Waals surface area contributed by atoms with Gasteiger partial charge < -0.3 is 2.85 Å². The molecule has 0 unspecified atom stereocenters. The van der Waals surface area contributed by atoms with Crippen LogP contribution < -0.4 is 48.4 Å². The Kier molecular flexibility index (Phi) is 44.1. The molecule has 26 valence electrons. The van der Waals surface area contributed by atoms with Gasteiger partial charge in [0.25, 0.3) is 0 Å². The summed E-state index contributed by atoms with van der Waals surface area (Å²) in [7, 11) is 0. The van der Waals surface area contributed by atoms with Gasteiger partial charge in [-0.2, -0.15) is 0 Å². The molecule has 0 rings (SSSR count). The van der Waals surface area contributed by atoms with Crippen LogP contribution in [0, 0.1) is 0 Å². The Morgan fingerprint density at radius 1 is 1.17 bits per heavy atom. The second-order valence-electron chi connectivity index (χ2n) is 0.272. The van der Waals surface area contributed by atoms with E-state index in [1.54, 1.807) is 0 Å². The smallest absolute Gasteiger partial charge is 1.00 e. The molecule has 0 heterocycles. The molecule has 0 saturated heterocycles. The summed E-state index contributed by atoms with van der Waals surface area (Å²) < 4.78 is 0. The SMILES string of the molecule is O=CC=O.[H-].[H-].[Li+].[Na+]. The van der Waals surface area contributed by atoms with Crippen LogP contribution in [0.5, 0.6) is 0 Å². The molecule has 0 bridgehead atoms. The largest absolute Gasteiger partial charge is 1.00 e. The van der Waals surface area contributed by atoms with Crippen molar-refractivity contribution in [3.63, 3.8) is 0 Å². The Labute approximate surface area is 73.1 Å². The van der Waals surface area contributed by atoms with Crippen LogP contribution in [0.15, 0.2) is 0 Å². The van der Waals surface area contributed by atoms with Crippen LogP contribution in [-0.2, 0) is 9.59 Å². The van der Waals surface area contributed by atoms with Crippen molar-refractivity contribution in [2.45, 2.75) is 0 Å². The summed E-state index contributed by atoms with van der Waals surface area (Å²) in [5.74, 6) is 0. The first-order chi connectivity index (χ1) is 1.91. The van der Waals surface area contributed by atoms with Gasteiger partial charge >= 0.3 is 48.4 Å². The van der Waals surface area contributed by atoms with E-state index in [2.05, 4.69) is 0 Å². The summed E-state index contributed by atoms with van der Waals surface area (Å²) in [5, 5.41) is 0. The number of carbonyl (C=O) groups is 2. The molecule has 0 amide bonds. The molecule has 0 aromatic carbocycles. The fraction of sp³-hybridized carbons (Fsp3) is 0. The van der Waals surface area contributed by atoms with Crippen molar-refractivity contribution in [3.05, 3.63) is 0 Å². The van der Waals surface area contributed by atoms with Gasteiger partial charge in [0.2, 0.25) is 0 Å². The third-order valence-corrected chi connectivity index (χ3v) is 0.0556. The first kappa shape index (κ1) is 15.8. The summed E-state index contributed by atoms with van der Waals surface area (Å²) in [5.41, 5.74) is 0. The standard InChI is InChI=1S/C2H2O2.Li.Na.2H/c3-1-2-4;;;;/h1-2H;;;;/q;2*+1;2*-1. The van der Waals surface area contributed by atoms with Gasteiger partial charge in [0.05, 0.1) is 0 Å². The topological polar surface area (TPSA) is 34.1 Å². The van der Waals surface area contributed by atoms with E-state index in [-0.39, 0.29) is 63.8 Å². The third kappa shape index (κ3) is 20.4. The van der Waals surface area contributed by atoms with Gasteiger partial charge in [0.1, 0.15) is 0 Å². The zero-order valence-electron chi connectivity index (χ0n) is 5.97. The Hall–Kier alpha value is 0.937. The van der Waals surface area contributed by atoms with Gasteiger partial charge in [-0.05, 0) is 0 Å². The van der Waals surface area contributed by atoms with Gasteiger partial charge in [0.15, 0.2) is 12.6 Å². The molecule has 6 heavy (non-hydrogen) atoms. The Bertz CT molecular complexity index is 39.0. The van der Waals surface area contributed by atoms with Gasteiger partial charge in [-0.15, -0.1) is 0 Å². The molecule has 4 heteroatoms. The third-order valence-electron chi connectivity index (χ3n) is 0.0556. The van der Waals surface area contributed by atoms with Crippen molar-refractivity contribution < 1.29 is 60.9 Å². The number of rotatable bonds is 1. The van der Waals surface area contributed by atoms with Gasteiger partial charge in [-0.1, -0.05) is 0 Å². The van der Waals surface area contributed by atoms with E-state index in [1.807, 2.05) is 0 Å². The number of carbonyl (C=O) groups excluding carboxylic acids is 2. The van der Waals surface area contributed by atoms with Crippen LogP contribution in [0.4, 0.5) is 0 Å². The summed E-state index contributed by atoms with van der Waals surface area (Å²) in [6.45, 7) is 0. The number of hydrogen-bond acceptors (Lipinski definition) is 2. The molecule has 0 radical (unpaired) electrons. The maximum Gasteiger partial charge on any atom is 1.00 e. The molecule has 0 saturated carbocycles. The van der Waals surface area contributed by atoms with Gasteiger partial charge in [-0.3, -0.25) is 9.59 Å². The molecule has 0 aliphatic heterocycles.